The van der Waals surface area contributed by atoms with Gasteiger partial charge < -0.3 is 19.9 Å². The van der Waals surface area contributed by atoms with E-state index in [9.17, 15) is 8.78 Å². The first-order chi connectivity index (χ1) is 54.1. The number of rotatable bonds is 6. The highest BCUT2D eigenvalue weighted by atomic mass is 19.2. The van der Waals surface area contributed by atoms with Crippen LogP contribution in [0.1, 0.15) is 22.8 Å². The van der Waals surface area contributed by atoms with Crippen molar-refractivity contribution in [3.63, 3.8) is 0 Å². The molecule has 0 saturated carbocycles. The number of halogens is 30. The third-order valence-corrected chi connectivity index (χ3v) is 19.5. The van der Waals surface area contributed by atoms with Crippen LogP contribution in [0.25, 0.3) is 190 Å². The molecule has 0 radical (unpaired) electrons. The van der Waals surface area contributed by atoms with Crippen molar-refractivity contribution in [2.75, 3.05) is 0 Å². The van der Waals surface area contributed by atoms with E-state index in [1.165, 1.54) is 0 Å². The third-order valence-electron chi connectivity index (χ3n) is 19.5. The van der Waals surface area contributed by atoms with Gasteiger partial charge in [-0.3, -0.25) is 0 Å². The molecule has 4 N–H and O–H groups in total. The lowest BCUT2D eigenvalue weighted by molar-refractivity contribution is 0.381. The molecule has 114 heavy (non-hydrogen) atoms. The molecule has 18 rings (SSSR count). The number of hydrogen-bond acceptors (Lipinski definition) is 4. The summed E-state index contributed by atoms with van der Waals surface area (Å²) < 4.78 is 484. The van der Waals surface area contributed by atoms with Crippen LogP contribution in [0.4, 0.5) is 132 Å². The second kappa shape index (κ2) is 24.5. The topological polar surface area (TPSA) is 115 Å². The minimum atomic E-state index is -2.86. The fourth-order valence-electron chi connectivity index (χ4n) is 14.6. The molecule has 0 atom stereocenters. The second-order valence-corrected chi connectivity index (χ2v) is 25.4. The van der Waals surface area contributed by atoms with Crippen LogP contribution in [0.15, 0.2) is 48.5 Å². The lowest BCUT2D eigenvalue weighted by Crippen LogP contribution is -2.05. The molecule has 0 amide bonds. The number of aromatic amines is 4. The van der Waals surface area contributed by atoms with E-state index in [0.29, 0.717) is 72.8 Å². The van der Waals surface area contributed by atoms with E-state index in [-0.39, 0.29) is 0 Å². The van der Waals surface area contributed by atoms with E-state index in [0.717, 1.165) is 0 Å². The lowest BCUT2D eigenvalue weighted by atomic mass is 9.97. The number of fused-ring (bicyclic) bond motifs is 14. The highest BCUT2D eigenvalue weighted by molar-refractivity contribution is 6.39. The van der Waals surface area contributed by atoms with E-state index in [4.69, 9.17) is 0 Å². The summed E-state index contributed by atoms with van der Waals surface area (Å²) in [6, 6.07) is 4.75. The van der Waals surface area contributed by atoms with Gasteiger partial charge in [0.1, 0.15) is 0 Å². The first-order valence-corrected chi connectivity index (χ1v) is 31.7. The maximum Gasteiger partial charge on any atom is 0.200 e. The van der Waals surface area contributed by atoms with Crippen LogP contribution in [0.5, 0.6) is 0 Å². The van der Waals surface area contributed by atoms with Crippen LogP contribution in [0, 0.1) is 175 Å². The van der Waals surface area contributed by atoms with Gasteiger partial charge in [-0.1, -0.05) is 0 Å². The van der Waals surface area contributed by atoms with Crippen LogP contribution in [0.3, 0.4) is 0 Å². The fraction of sp³-hybridized carbons (Fsp3) is 0. The Bertz CT molecular complexity index is 6940. The van der Waals surface area contributed by atoms with Gasteiger partial charge in [-0.15, -0.1) is 0 Å². The fourth-order valence-corrected chi connectivity index (χ4v) is 14.6. The van der Waals surface area contributed by atoms with Gasteiger partial charge >= 0.3 is 0 Å². The average molecular weight is 1610 g/mol. The van der Waals surface area contributed by atoms with Gasteiger partial charge in [-0.2, -0.15) is 0 Å². The van der Waals surface area contributed by atoms with E-state index in [2.05, 4.69) is 39.9 Å². The maximum absolute atomic E-state index is 17.0. The SMILES string of the molecule is Fc1c(F)c(F)c(-c2c3nc(c(-c4c(F)c(F)c(F)c(F)c4F)c4cc5c6cc7nc6c6c8[nH]c(cc8c8cc(nc8c6c5[nH]4)c(-c4c(F)c(F)c(F)c(F)c4F)c4ccc2[nH]4)c(-c2c(F)c(F)c(F)c(F)c2F)c2nc(c(-c4c(F)c(F)c(F)c(F)c4F)c4ccc([nH]4)c7-c4c(F)c(F)c(F)c(F)c4F)C=C2)C=C3)c(F)c1F. The van der Waals surface area contributed by atoms with Gasteiger partial charge in [0.15, 0.2) is 140 Å². The molecule has 0 spiro atoms. The number of nitrogens with zero attached hydrogens (tertiary/aromatic N) is 4. The predicted octanol–water partition coefficient (Wildman–Crippen LogP) is 23.8. The van der Waals surface area contributed by atoms with Crippen molar-refractivity contribution in [1.82, 2.24) is 39.9 Å². The first kappa shape index (κ1) is 72.0. The number of H-pyrrole nitrogens is 4. The largest absolute Gasteiger partial charge is 0.354 e. The van der Waals surface area contributed by atoms with Crippen molar-refractivity contribution in [3.05, 3.63) is 246 Å². The number of aromatic nitrogens is 8. The van der Waals surface area contributed by atoms with E-state index < -0.39 is 363 Å². The molecule has 38 heteroatoms. The Labute approximate surface area is 605 Å². The molecule has 0 fully saturated rings. The van der Waals surface area contributed by atoms with Crippen LogP contribution in [-0.4, -0.2) is 39.9 Å². The number of benzene rings is 8. The summed E-state index contributed by atoms with van der Waals surface area (Å²) in [5.74, 6) is -83.4. The highest BCUT2D eigenvalue weighted by Gasteiger charge is 2.39. The Morgan fingerprint density at radius 2 is 0.368 bits per heavy atom. The van der Waals surface area contributed by atoms with Crippen LogP contribution in [-0.2, 0) is 0 Å². The Balaban J connectivity index is 1.18. The molecule has 10 heterocycles. The van der Waals surface area contributed by atoms with Crippen LogP contribution >= 0.6 is 0 Å². The Morgan fingerprint density at radius 1 is 0.175 bits per heavy atom. The van der Waals surface area contributed by atoms with Crippen molar-refractivity contribution >= 4 is 123 Å². The molecule has 8 aromatic heterocycles. The minimum absolute atomic E-state index is 0.522. The Morgan fingerprint density at radius 3 is 0.596 bits per heavy atom. The van der Waals surface area contributed by atoms with Crippen molar-refractivity contribution in [3.8, 4) is 66.8 Å². The van der Waals surface area contributed by atoms with Gasteiger partial charge in [-0.25, -0.2) is 152 Å². The number of nitrogens with one attached hydrogen (secondary N) is 4. The van der Waals surface area contributed by atoms with E-state index >= 15 is 123 Å². The monoisotopic (exact) mass is 1610 g/mol. The van der Waals surface area contributed by atoms with E-state index in [1.807, 2.05) is 0 Å². The molecule has 16 aromatic rings. The zero-order chi connectivity index (χ0) is 81.1. The average Bonchev–Trinajstić information content (AvgIpc) is 1.52. The molecular weight excluding hydrogens is 1590 g/mol. The van der Waals surface area contributed by atoms with Gasteiger partial charge in [0.2, 0.25) is 34.9 Å². The molecular formula is C76H16F30N8. The third kappa shape index (κ3) is 9.45. The van der Waals surface area contributed by atoms with Crippen molar-refractivity contribution in [2.24, 2.45) is 0 Å². The summed E-state index contributed by atoms with van der Waals surface area (Å²) >= 11 is 0. The summed E-state index contributed by atoms with van der Waals surface area (Å²) in [5, 5.41) is -4.46. The molecule has 0 aliphatic carbocycles. The zero-order valence-corrected chi connectivity index (χ0v) is 54.1. The van der Waals surface area contributed by atoms with Gasteiger partial charge in [0.25, 0.3) is 0 Å². The normalized spacial score (nSPS) is 12.6. The summed E-state index contributed by atoms with van der Waals surface area (Å²) in [5.41, 5.74) is -37.8. The lowest BCUT2D eigenvalue weighted by Gasteiger charge is -2.11. The summed E-state index contributed by atoms with van der Waals surface area (Å²) in [6.07, 6.45) is 2.10. The molecule has 570 valence electrons. The molecule has 0 saturated heterocycles. The molecule has 16 bridgehead atoms. The Hall–Kier alpha value is -13.6. The predicted molar refractivity (Wildman–Crippen MR) is 348 cm³/mol. The van der Waals surface area contributed by atoms with Crippen molar-refractivity contribution in [1.29, 1.82) is 0 Å². The van der Waals surface area contributed by atoms with Crippen LogP contribution in [0.2, 0.25) is 0 Å². The zero-order valence-electron chi connectivity index (χ0n) is 54.1. The smallest absolute Gasteiger partial charge is 0.200 e. The quantitative estimate of drug-likeness (QED) is 0.0754. The minimum Gasteiger partial charge on any atom is -0.354 e. The molecule has 8 aromatic carbocycles. The van der Waals surface area contributed by atoms with Crippen molar-refractivity contribution < 1.29 is 132 Å². The molecule has 2 aliphatic heterocycles. The standard InChI is InChI=1S/C76H16F30N8/c77-43-35(44(78)56(90)67(101)55(43)89)29-17-1-5-21(107-17)31(37-47(81)59(93)69(103)60(94)48(37)82)25-9-13-14-10-27-33(39-51(85)63(97)71(105)64(98)52(39)86)23-7-3-19(109-23)30(36-45(79)57(91)68(102)58(92)46(36)80)20-4-8-24(110-20)34(40-53(87)65(99)72(106)66(100)54(40)88)28-12-16-15-11-26(112-75(15)41(73(13)111-25)42(74(14)113-27)76(16)114-28)32(22-6-2-18(29)108-22)38-49(83)61(95)70(104)62(96)50(38)84/h1-12,107,110,112-113H. The first-order valence-electron chi connectivity index (χ1n) is 31.7. The molecule has 2 aliphatic rings. The summed E-state index contributed by atoms with van der Waals surface area (Å²) in [4.78, 5) is 27.2. The summed E-state index contributed by atoms with van der Waals surface area (Å²) in [6.45, 7) is 0. The highest BCUT2D eigenvalue weighted by Crippen LogP contribution is 2.52. The van der Waals surface area contributed by atoms with Gasteiger partial charge in [-0.05, 0) is 72.8 Å². The molecule has 8 nitrogen and oxygen atoms in total. The van der Waals surface area contributed by atoms with Crippen LogP contribution < -0.4 is 0 Å². The van der Waals surface area contributed by atoms with Gasteiger partial charge in [0.05, 0.1) is 89.3 Å². The maximum atomic E-state index is 17.0. The van der Waals surface area contributed by atoms with Crippen molar-refractivity contribution in [2.45, 2.75) is 0 Å². The molecule has 0 unspecified atom stereocenters. The Kier molecular flexibility index (Phi) is 15.4. The van der Waals surface area contributed by atoms with E-state index in [1.54, 1.807) is 0 Å². The summed E-state index contributed by atoms with van der Waals surface area (Å²) in [7, 11) is 0. The number of hydrogen-bond donors (Lipinski definition) is 4. The van der Waals surface area contributed by atoms with Gasteiger partial charge in [0, 0.05) is 98.8 Å². The second-order valence-electron chi connectivity index (χ2n) is 25.4.